The maximum absolute atomic E-state index is 13.8. The van der Waals surface area contributed by atoms with E-state index in [1.165, 1.54) is 22.8 Å². The zero-order chi connectivity index (χ0) is 22.1. The lowest BCUT2D eigenvalue weighted by molar-refractivity contribution is 0.0941. The Morgan fingerprint density at radius 1 is 1.23 bits per heavy atom. The molecule has 0 aliphatic rings. The van der Waals surface area contributed by atoms with Gasteiger partial charge >= 0.3 is 11.1 Å². The SMILES string of the molecule is CCn1c(=O)c(=O)[nH]c2cc(C(=O)N[C@H](c3cccc(F)c3)c3nccn3C)ccc21. The minimum Gasteiger partial charge on any atom is -0.338 e. The van der Waals surface area contributed by atoms with Gasteiger partial charge in [0.05, 0.1) is 11.0 Å². The van der Waals surface area contributed by atoms with Gasteiger partial charge in [0.15, 0.2) is 0 Å². The van der Waals surface area contributed by atoms with Crippen LogP contribution < -0.4 is 16.4 Å². The molecule has 2 heterocycles. The molecule has 0 saturated carbocycles. The average Bonchev–Trinajstić information content (AvgIpc) is 3.18. The largest absolute Gasteiger partial charge is 0.338 e. The van der Waals surface area contributed by atoms with E-state index in [1.54, 1.807) is 55.2 Å². The smallest absolute Gasteiger partial charge is 0.316 e. The van der Waals surface area contributed by atoms with Crippen LogP contribution in [0.2, 0.25) is 0 Å². The van der Waals surface area contributed by atoms with Crippen molar-refractivity contribution in [1.29, 1.82) is 0 Å². The molecule has 0 aliphatic heterocycles. The molecule has 1 atom stereocenters. The summed E-state index contributed by atoms with van der Waals surface area (Å²) in [5.74, 6) is -0.325. The summed E-state index contributed by atoms with van der Waals surface area (Å²) in [4.78, 5) is 43.9. The molecule has 4 aromatic rings. The molecule has 2 N–H and O–H groups in total. The molecule has 9 heteroatoms. The lowest BCUT2D eigenvalue weighted by Gasteiger charge is -2.19. The molecule has 1 amide bonds. The number of aromatic amines is 1. The highest BCUT2D eigenvalue weighted by atomic mass is 19.1. The van der Waals surface area contributed by atoms with Crippen LogP contribution in [0.25, 0.3) is 11.0 Å². The van der Waals surface area contributed by atoms with Crippen molar-refractivity contribution in [2.24, 2.45) is 7.05 Å². The highest BCUT2D eigenvalue weighted by Gasteiger charge is 2.22. The van der Waals surface area contributed by atoms with Crippen molar-refractivity contribution in [2.45, 2.75) is 19.5 Å². The number of nitrogens with one attached hydrogen (secondary N) is 2. The first kappa shape index (κ1) is 20.3. The number of nitrogens with zero attached hydrogens (tertiary/aromatic N) is 3. The van der Waals surface area contributed by atoms with E-state index >= 15 is 0 Å². The predicted molar refractivity (Wildman–Crippen MR) is 113 cm³/mol. The molecule has 0 spiro atoms. The number of amides is 1. The van der Waals surface area contributed by atoms with Crippen LogP contribution in [-0.4, -0.2) is 25.0 Å². The van der Waals surface area contributed by atoms with Gasteiger partial charge < -0.3 is 19.4 Å². The number of aromatic nitrogens is 4. The van der Waals surface area contributed by atoms with Gasteiger partial charge in [0.2, 0.25) is 0 Å². The Labute approximate surface area is 176 Å². The first-order chi connectivity index (χ1) is 14.9. The minimum atomic E-state index is -0.752. The highest BCUT2D eigenvalue weighted by molar-refractivity contribution is 5.97. The van der Waals surface area contributed by atoms with Crippen molar-refractivity contribution < 1.29 is 9.18 Å². The Morgan fingerprint density at radius 3 is 2.71 bits per heavy atom. The minimum absolute atomic E-state index is 0.278. The van der Waals surface area contributed by atoms with Gasteiger partial charge in [-0.25, -0.2) is 9.37 Å². The fraction of sp³-hybridized carbons (Fsp3) is 0.182. The summed E-state index contributed by atoms with van der Waals surface area (Å²) in [5.41, 5.74) is 0.315. The van der Waals surface area contributed by atoms with Crippen LogP contribution in [0.1, 0.15) is 34.7 Å². The molecule has 8 nitrogen and oxygen atoms in total. The van der Waals surface area contributed by atoms with Gasteiger partial charge in [0.25, 0.3) is 5.91 Å². The predicted octanol–water partition coefficient (Wildman–Crippen LogP) is 2.10. The van der Waals surface area contributed by atoms with Gasteiger partial charge in [-0.3, -0.25) is 14.4 Å². The second-order valence-electron chi connectivity index (χ2n) is 7.09. The molecular weight excluding hydrogens is 401 g/mol. The summed E-state index contributed by atoms with van der Waals surface area (Å²) < 4.78 is 16.9. The van der Waals surface area contributed by atoms with Crippen LogP contribution >= 0.6 is 0 Å². The number of H-pyrrole nitrogens is 1. The Kier molecular flexibility index (Phi) is 5.24. The van der Waals surface area contributed by atoms with Crippen LogP contribution in [0.5, 0.6) is 0 Å². The van der Waals surface area contributed by atoms with Crippen LogP contribution in [-0.2, 0) is 13.6 Å². The monoisotopic (exact) mass is 421 g/mol. The first-order valence-corrected chi connectivity index (χ1v) is 9.69. The molecule has 0 aliphatic carbocycles. The van der Waals surface area contributed by atoms with Gasteiger partial charge in [0.1, 0.15) is 17.7 Å². The van der Waals surface area contributed by atoms with Crippen molar-refractivity contribution in [3.8, 4) is 0 Å². The zero-order valence-corrected chi connectivity index (χ0v) is 16.9. The number of rotatable bonds is 5. The van der Waals surface area contributed by atoms with Crippen molar-refractivity contribution in [2.75, 3.05) is 0 Å². The Hall–Kier alpha value is -4.01. The van der Waals surface area contributed by atoms with Gasteiger partial charge in [-0.1, -0.05) is 12.1 Å². The second-order valence-corrected chi connectivity index (χ2v) is 7.09. The quantitative estimate of drug-likeness (QED) is 0.482. The zero-order valence-electron chi connectivity index (χ0n) is 16.9. The molecule has 31 heavy (non-hydrogen) atoms. The molecule has 158 valence electrons. The average molecular weight is 421 g/mol. The second kappa shape index (κ2) is 8.02. The van der Waals surface area contributed by atoms with Crippen molar-refractivity contribution in [1.82, 2.24) is 24.4 Å². The number of fused-ring (bicyclic) bond motifs is 1. The van der Waals surface area contributed by atoms with Crippen molar-refractivity contribution in [3.63, 3.8) is 0 Å². The topological polar surface area (TPSA) is 102 Å². The van der Waals surface area contributed by atoms with Gasteiger partial charge in [-0.05, 0) is 42.8 Å². The van der Waals surface area contributed by atoms with Crippen LogP contribution in [0.3, 0.4) is 0 Å². The van der Waals surface area contributed by atoms with Gasteiger partial charge in [0, 0.05) is 31.5 Å². The maximum Gasteiger partial charge on any atom is 0.316 e. The number of aryl methyl sites for hydroxylation is 2. The van der Waals surface area contributed by atoms with Gasteiger partial charge in [-0.15, -0.1) is 0 Å². The lowest BCUT2D eigenvalue weighted by atomic mass is 10.0. The van der Waals surface area contributed by atoms with E-state index in [9.17, 15) is 18.8 Å². The third kappa shape index (κ3) is 3.77. The fourth-order valence-electron chi connectivity index (χ4n) is 3.59. The fourth-order valence-corrected chi connectivity index (χ4v) is 3.59. The summed E-state index contributed by atoms with van der Waals surface area (Å²) in [5, 5.41) is 2.89. The molecule has 0 unspecified atom stereocenters. The number of imidazole rings is 1. The maximum atomic E-state index is 13.8. The summed E-state index contributed by atoms with van der Waals surface area (Å²) in [6.45, 7) is 2.09. The summed E-state index contributed by atoms with van der Waals surface area (Å²) >= 11 is 0. The molecule has 0 bridgehead atoms. The summed E-state index contributed by atoms with van der Waals surface area (Å²) in [6, 6.07) is 9.95. The number of benzene rings is 2. The van der Waals surface area contributed by atoms with Crippen LogP contribution in [0.4, 0.5) is 4.39 Å². The van der Waals surface area contributed by atoms with Gasteiger partial charge in [-0.2, -0.15) is 0 Å². The standard InChI is InChI=1S/C22H20FN5O3/c1-3-28-17-8-7-14(12-16(17)25-21(30)22(28)31)20(29)26-18(19-24-9-10-27(19)2)13-5-4-6-15(23)11-13/h4-12,18H,3H2,1-2H3,(H,25,30)(H,26,29)/t18-/m1/s1. The Bertz CT molecular complexity index is 1400. The van der Waals surface area contributed by atoms with E-state index in [1.807, 2.05) is 0 Å². The van der Waals surface area contributed by atoms with E-state index in [-0.39, 0.29) is 5.56 Å². The van der Waals surface area contributed by atoms with E-state index in [2.05, 4.69) is 15.3 Å². The van der Waals surface area contributed by atoms with Crippen molar-refractivity contribution in [3.05, 3.63) is 98.3 Å². The number of hydrogen-bond donors (Lipinski definition) is 2. The summed E-state index contributed by atoms with van der Waals surface area (Å²) in [7, 11) is 1.78. The molecule has 2 aromatic heterocycles. The Morgan fingerprint density at radius 2 is 2.03 bits per heavy atom. The van der Waals surface area contributed by atoms with E-state index in [0.29, 0.717) is 29.0 Å². The molecule has 0 saturated heterocycles. The molecular formula is C22H20FN5O3. The van der Waals surface area contributed by atoms with E-state index in [4.69, 9.17) is 0 Å². The number of carbonyl (C=O) groups excluding carboxylic acids is 1. The van der Waals surface area contributed by atoms with Crippen molar-refractivity contribution >= 4 is 16.9 Å². The molecule has 0 radical (unpaired) electrons. The third-order valence-electron chi connectivity index (χ3n) is 5.13. The van der Waals surface area contributed by atoms with E-state index in [0.717, 1.165) is 0 Å². The Balaban J connectivity index is 1.75. The lowest BCUT2D eigenvalue weighted by Crippen LogP contribution is -2.36. The number of halogens is 1. The van der Waals surface area contributed by atoms with Crippen LogP contribution in [0, 0.1) is 5.82 Å². The third-order valence-corrected chi connectivity index (χ3v) is 5.13. The molecule has 4 rings (SSSR count). The first-order valence-electron chi connectivity index (χ1n) is 9.69. The van der Waals surface area contributed by atoms with Crippen LogP contribution in [0.15, 0.2) is 64.4 Å². The number of carbonyl (C=O) groups is 1. The molecule has 2 aromatic carbocycles. The highest BCUT2D eigenvalue weighted by Crippen LogP contribution is 2.22. The molecule has 0 fully saturated rings. The van der Waals surface area contributed by atoms with E-state index < -0.39 is 28.9 Å². The normalized spacial score (nSPS) is 12.1. The summed E-state index contributed by atoms with van der Waals surface area (Å²) in [6.07, 6.45) is 3.33. The number of hydrogen-bond acceptors (Lipinski definition) is 4.